The normalized spacial score (nSPS) is 7.33. The third-order valence-corrected chi connectivity index (χ3v) is 0.347. The van der Waals surface area contributed by atoms with Crippen LogP contribution in [0, 0.1) is 6.58 Å². The summed E-state index contributed by atoms with van der Waals surface area (Å²) in [5, 5.41) is 1.46. The van der Waals surface area contributed by atoms with Gasteiger partial charge < -0.3 is 12.6 Å². The van der Waals surface area contributed by atoms with Gasteiger partial charge in [-0.05, 0) is 0 Å². The van der Waals surface area contributed by atoms with E-state index < -0.39 is 0 Å². The summed E-state index contributed by atoms with van der Waals surface area (Å²) in [6.45, 7) is 4.86. The van der Waals surface area contributed by atoms with Gasteiger partial charge in [-0.2, -0.15) is 0 Å². The van der Waals surface area contributed by atoms with Crippen LogP contribution in [-0.4, -0.2) is 48.9 Å². The minimum absolute atomic E-state index is 0. The molecule has 0 heterocycles. The number of hydrogen-bond donors (Lipinski definition) is 0. The van der Waals surface area contributed by atoms with Gasteiger partial charge in [0, 0.05) is 0 Å². The quantitative estimate of drug-likeness (QED) is 0.271. The number of rotatable bonds is 1. The summed E-state index contributed by atoms with van der Waals surface area (Å²) in [5.74, 6) is 0. The number of hydrogen-bond acceptors (Lipinski definition) is 1. The van der Waals surface area contributed by atoms with Gasteiger partial charge in [-0.25, -0.2) is 12.2 Å². The Morgan fingerprint density at radius 2 is 2.00 bits per heavy atom. The minimum Gasteiger partial charge on any atom is -0.806 e. The third kappa shape index (κ3) is 8.99. The van der Waals surface area contributed by atoms with Crippen molar-refractivity contribution >= 4 is 61.5 Å². The Morgan fingerprint density at radius 3 is 2.00 bits per heavy atom. The maximum atomic E-state index is 4.86. The van der Waals surface area contributed by atoms with Gasteiger partial charge in [0.05, 0.1) is 0 Å². The van der Waals surface area contributed by atoms with Crippen LogP contribution in [0.15, 0.2) is 17.6 Å². The van der Waals surface area contributed by atoms with Gasteiger partial charge in [-0.1, -0.05) is 0 Å². The van der Waals surface area contributed by atoms with Crippen molar-refractivity contribution in [2.75, 3.05) is 0 Å². The zero-order chi connectivity index (χ0) is 4.12. The Bertz CT molecular complexity index is 49.5. The van der Waals surface area contributed by atoms with Crippen LogP contribution in [0.3, 0.4) is 0 Å². The first-order valence-electron chi connectivity index (χ1n) is 1.24. The summed E-state index contributed by atoms with van der Waals surface area (Å²) >= 11 is 4.36. The molecule has 0 amide bonds. The molecule has 0 saturated heterocycles. The summed E-state index contributed by atoms with van der Waals surface area (Å²) in [6.07, 6.45) is 2.99. The molecule has 0 fully saturated rings. The van der Waals surface area contributed by atoms with E-state index in [4.69, 9.17) is 6.58 Å². The molecule has 0 spiro atoms. The van der Waals surface area contributed by atoms with Gasteiger partial charge in [-0.3, -0.25) is 12.0 Å². The van der Waals surface area contributed by atoms with Gasteiger partial charge in [0.15, 0.2) is 0 Å². The fourth-order valence-corrected chi connectivity index (χ4v) is 0.136. The molecule has 0 saturated carbocycles. The van der Waals surface area contributed by atoms with E-state index in [0.29, 0.717) is 0 Å². The van der Waals surface area contributed by atoms with Gasteiger partial charge >= 0.3 is 48.9 Å². The molecule has 0 aromatic rings. The van der Waals surface area contributed by atoms with Crippen LogP contribution in [0.1, 0.15) is 0 Å². The van der Waals surface area contributed by atoms with E-state index in [1.807, 2.05) is 0 Å². The Balaban J connectivity index is 0. The minimum atomic E-state index is 0. The zero-order valence-electron chi connectivity index (χ0n) is 3.42. The van der Waals surface area contributed by atoms with Crippen LogP contribution >= 0.6 is 0 Å². The first kappa shape index (κ1) is 10.3. The summed E-state index contributed by atoms with van der Waals surface area (Å²) in [6, 6.07) is 0. The first-order valence-corrected chi connectivity index (χ1v) is 1.71. The molecule has 0 rings (SSSR count). The van der Waals surface area contributed by atoms with Crippen molar-refractivity contribution in [2.45, 2.75) is 0 Å². The van der Waals surface area contributed by atoms with Gasteiger partial charge in [0.25, 0.3) is 0 Å². The van der Waals surface area contributed by atoms with Crippen LogP contribution in [-0.2, 0) is 12.6 Å². The summed E-state index contributed by atoms with van der Waals surface area (Å²) in [7, 11) is 0. The standard InChI is InChI=1S/C4H5S.Ba/c1-2-3-4-5;/h1-5H;/q-1;+2/p-1/b4-3-;. The summed E-state index contributed by atoms with van der Waals surface area (Å²) in [5.41, 5.74) is 0. The van der Waals surface area contributed by atoms with Gasteiger partial charge in [0.2, 0.25) is 0 Å². The van der Waals surface area contributed by atoms with Crippen molar-refractivity contribution in [1.29, 1.82) is 0 Å². The van der Waals surface area contributed by atoms with Gasteiger partial charge in [-0.15, -0.1) is 0 Å². The van der Waals surface area contributed by atoms with Crippen LogP contribution < -0.4 is 0 Å². The van der Waals surface area contributed by atoms with E-state index in [0.717, 1.165) is 0 Å². The predicted octanol–water partition coefficient (Wildman–Crippen LogP) is 0.655. The molecule has 0 radical (unpaired) electrons. The Hall–Kier alpha value is 1.27. The maximum absolute atomic E-state index is 4.86. The molecule has 6 heavy (non-hydrogen) atoms. The van der Waals surface area contributed by atoms with E-state index in [1.54, 1.807) is 6.08 Å². The monoisotopic (exact) mass is 222 g/mol. The molecule has 0 nitrogen and oxygen atoms in total. The average Bonchev–Trinajstić information content (AvgIpc) is 1.41. The SMILES string of the molecule is [Ba+2].[CH-]=C/C=C\[S-]. The molecule has 0 bridgehead atoms. The van der Waals surface area contributed by atoms with Crippen molar-refractivity contribution in [3.63, 3.8) is 0 Å². The van der Waals surface area contributed by atoms with Crippen molar-refractivity contribution < 1.29 is 0 Å². The molecule has 0 unspecified atom stereocenters. The largest absolute Gasteiger partial charge is 2.00 e. The van der Waals surface area contributed by atoms with E-state index in [-0.39, 0.29) is 48.9 Å². The second-order valence-electron chi connectivity index (χ2n) is 0.521. The fraction of sp³-hybridized carbons (Fsp3) is 0. The van der Waals surface area contributed by atoms with Crippen LogP contribution in [0.4, 0.5) is 0 Å². The molecular weight excluding hydrogens is 217 g/mol. The second-order valence-corrected chi connectivity index (χ2v) is 0.793. The maximum Gasteiger partial charge on any atom is 2.00 e. The Kier molecular flexibility index (Phi) is 16.4. The predicted molar refractivity (Wildman–Crippen MR) is 31.1 cm³/mol. The summed E-state index contributed by atoms with van der Waals surface area (Å²) < 4.78 is 0. The molecular formula is C4H4BaS. The van der Waals surface area contributed by atoms with Crippen molar-refractivity contribution in [2.24, 2.45) is 0 Å². The molecule has 0 aromatic heterocycles. The number of allylic oxidation sites excluding steroid dienone is 2. The molecule has 0 aliphatic carbocycles. The second kappa shape index (κ2) is 9.55. The topological polar surface area (TPSA) is 0 Å². The van der Waals surface area contributed by atoms with E-state index in [9.17, 15) is 0 Å². The third-order valence-electron chi connectivity index (χ3n) is 0.190. The van der Waals surface area contributed by atoms with Crippen molar-refractivity contribution in [3.05, 3.63) is 24.1 Å². The first-order chi connectivity index (χ1) is 2.41. The molecule has 2 heteroatoms. The Morgan fingerprint density at radius 1 is 1.50 bits per heavy atom. The molecule has 0 N–H and O–H groups in total. The smallest absolute Gasteiger partial charge is 0.806 e. The van der Waals surface area contributed by atoms with E-state index >= 15 is 0 Å². The van der Waals surface area contributed by atoms with Crippen LogP contribution in [0.2, 0.25) is 0 Å². The molecule has 0 aromatic carbocycles. The molecule has 0 aliphatic rings. The van der Waals surface area contributed by atoms with Crippen molar-refractivity contribution in [3.8, 4) is 0 Å². The Labute approximate surface area is 84.2 Å². The van der Waals surface area contributed by atoms with E-state index in [2.05, 4.69) is 12.6 Å². The summed E-state index contributed by atoms with van der Waals surface area (Å²) in [4.78, 5) is 0. The molecule has 0 aliphatic heterocycles. The van der Waals surface area contributed by atoms with E-state index in [1.165, 1.54) is 11.5 Å². The van der Waals surface area contributed by atoms with Crippen LogP contribution in [0.25, 0.3) is 0 Å². The van der Waals surface area contributed by atoms with Crippen molar-refractivity contribution in [1.82, 2.24) is 0 Å². The van der Waals surface area contributed by atoms with Crippen LogP contribution in [0.5, 0.6) is 0 Å². The fourth-order valence-electron chi connectivity index (χ4n) is 0.0454. The molecule has 28 valence electrons. The average molecular weight is 221 g/mol. The van der Waals surface area contributed by atoms with Gasteiger partial charge in [0.1, 0.15) is 0 Å². The molecule has 0 atom stereocenters. The zero-order valence-corrected chi connectivity index (χ0v) is 8.68.